The van der Waals surface area contributed by atoms with E-state index in [9.17, 15) is 10.1 Å². The largest absolute Gasteiger partial charge is 0.413 e. The van der Waals surface area contributed by atoms with Crippen molar-refractivity contribution in [1.29, 1.82) is 0 Å². The number of nitro groups is 1. The topological polar surface area (TPSA) is 52.4 Å². The number of hydrogen-bond acceptors (Lipinski definition) is 3. The van der Waals surface area contributed by atoms with Crippen LogP contribution in [0.1, 0.15) is 11.1 Å². The van der Waals surface area contributed by atoms with Crippen LogP contribution in [-0.2, 0) is 11.0 Å². The molecule has 0 fully saturated rings. The van der Waals surface area contributed by atoms with Gasteiger partial charge in [0.1, 0.15) is 0 Å². The van der Waals surface area contributed by atoms with Gasteiger partial charge >= 0.3 is 0 Å². The Labute approximate surface area is 96.5 Å². The first kappa shape index (κ1) is 12.9. The number of rotatable bonds is 4. The van der Waals surface area contributed by atoms with Crippen molar-refractivity contribution < 1.29 is 9.35 Å². The van der Waals surface area contributed by atoms with E-state index in [1.54, 1.807) is 6.07 Å². The molecule has 0 radical (unpaired) electrons. The van der Waals surface area contributed by atoms with Crippen LogP contribution in [0, 0.1) is 17.0 Å². The van der Waals surface area contributed by atoms with E-state index in [1.165, 1.54) is 6.07 Å². The quantitative estimate of drug-likeness (QED) is 0.460. The minimum absolute atomic E-state index is 0.142. The van der Waals surface area contributed by atoms with Crippen LogP contribution < -0.4 is 0 Å². The van der Waals surface area contributed by atoms with Crippen molar-refractivity contribution in [1.82, 2.24) is 0 Å². The number of aryl methyl sites for hydroxylation is 1. The SMILES string of the molecule is Cc1ccc([N+](=O)[O-])c(CO[Si](C)(C)C)c1. The minimum atomic E-state index is -1.64. The molecule has 0 heterocycles. The van der Waals surface area contributed by atoms with Crippen molar-refractivity contribution in [2.45, 2.75) is 33.2 Å². The lowest BCUT2D eigenvalue weighted by atomic mass is 10.1. The van der Waals surface area contributed by atoms with Crippen LogP contribution >= 0.6 is 0 Å². The summed E-state index contributed by atoms with van der Waals surface area (Å²) in [7, 11) is -1.64. The van der Waals surface area contributed by atoms with Gasteiger partial charge in [-0.1, -0.05) is 11.6 Å². The van der Waals surface area contributed by atoms with Crippen LogP contribution in [-0.4, -0.2) is 13.2 Å². The third-order valence-electron chi connectivity index (χ3n) is 2.09. The summed E-state index contributed by atoms with van der Waals surface area (Å²) < 4.78 is 5.70. The second-order valence-corrected chi connectivity index (χ2v) is 9.30. The van der Waals surface area contributed by atoms with E-state index in [4.69, 9.17) is 4.43 Å². The van der Waals surface area contributed by atoms with E-state index in [1.807, 2.05) is 13.0 Å². The van der Waals surface area contributed by atoms with Gasteiger partial charge in [0.15, 0.2) is 8.32 Å². The smallest absolute Gasteiger partial charge is 0.274 e. The van der Waals surface area contributed by atoms with Crippen molar-refractivity contribution in [3.8, 4) is 0 Å². The van der Waals surface area contributed by atoms with Gasteiger partial charge in [0.25, 0.3) is 5.69 Å². The molecule has 0 spiro atoms. The Kier molecular flexibility index (Phi) is 3.82. The highest BCUT2D eigenvalue weighted by Crippen LogP contribution is 2.21. The van der Waals surface area contributed by atoms with Crippen LogP contribution in [0.3, 0.4) is 0 Å². The Bertz CT molecular complexity index is 399. The molecule has 0 unspecified atom stereocenters. The van der Waals surface area contributed by atoms with E-state index in [0.29, 0.717) is 12.2 Å². The number of hydrogen-bond donors (Lipinski definition) is 0. The molecule has 0 aliphatic carbocycles. The zero-order chi connectivity index (χ0) is 12.3. The number of nitro benzene ring substituents is 1. The summed E-state index contributed by atoms with van der Waals surface area (Å²) in [6, 6.07) is 5.10. The van der Waals surface area contributed by atoms with Gasteiger partial charge in [-0.3, -0.25) is 10.1 Å². The van der Waals surface area contributed by atoms with Gasteiger partial charge in [0.2, 0.25) is 0 Å². The van der Waals surface area contributed by atoms with Gasteiger partial charge in [-0.25, -0.2) is 0 Å². The minimum Gasteiger partial charge on any atom is -0.413 e. The van der Waals surface area contributed by atoms with Gasteiger partial charge in [0.05, 0.1) is 17.1 Å². The summed E-state index contributed by atoms with van der Waals surface area (Å²) >= 11 is 0. The molecular weight excluding hydrogens is 222 g/mol. The van der Waals surface area contributed by atoms with Gasteiger partial charge in [0, 0.05) is 6.07 Å². The first-order valence-corrected chi connectivity index (χ1v) is 8.58. The Morgan fingerprint density at radius 3 is 2.50 bits per heavy atom. The van der Waals surface area contributed by atoms with Gasteiger partial charge in [-0.2, -0.15) is 0 Å². The maximum absolute atomic E-state index is 10.8. The lowest BCUT2D eigenvalue weighted by Gasteiger charge is -2.17. The standard InChI is InChI=1S/C11H17NO3Si/c1-9-5-6-11(12(13)14)10(7-9)8-15-16(2,3)4/h5-7H,8H2,1-4H3. The molecular formula is C11H17NO3Si. The third kappa shape index (κ3) is 3.75. The van der Waals surface area contributed by atoms with Crippen molar-refractivity contribution >= 4 is 14.0 Å². The molecule has 4 nitrogen and oxygen atoms in total. The highest BCUT2D eigenvalue weighted by atomic mass is 28.4. The zero-order valence-electron chi connectivity index (χ0n) is 10.1. The second-order valence-electron chi connectivity index (χ2n) is 4.79. The van der Waals surface area contributed by atoms with E-state index in [0.717, 1.165) is 5.56 Å². The molecule has 0 aromatic heterocycles. The first-order valence-electron chi connectivity index (χ1n) is 5.17. The maximum Gasteiger partial charge on any atom is 0.274 e. The fourth-order valence-corrected chi connectivity index (χ4v) is 1.89. The molecule has 5 heteroatoms. The predicted octanol–water partition coefficient (Wildman–Crippen LogP) is 3.25. The molecule has 0 aliphatic heterocycles. The summed E-state index contributed by atoms with van der Waals surface area (Å²) in [5, 5.41) is 10.8. The fourth-order valence-electron chi connectivity index (χ4n) is 1.30. The predicted molar refractivity (Wildman–Crippen MR) is 66.0 cm³/mol. The fraction of sp³-hybridized carbons (Fsp3) is 0.455. The Balaban J connectivity index is 2.93. The van der Waals surface area contributed by atoms with Crippen LogP contribution in [0.25, 0.3) is 0 Å². The number of nitrogens with zero attached hydrogens (tertiary/aromatic N) is 1. The Morgan fingerprint density at radius 2 is 2.00 bits per heavy atom. The summed E-state index contributed by atoms with van der Waals surface area (Å²) in [6.07, 6.45) is 0. The van der Waals surface area contributed by atoms with Gasteiger partial charge < -0.3 is 4.43 Å². The molecule has 0 aliphatic rings. The molecule has 0 saturated carbocycles. The number of benzene rings is 1. The van der Waals surface area contributed by atoms with Crippen LogP contribution in [0.4, 0.5) is 5.69 Å². The van der Waals surface area contributed by atoms with Crippen LogP contribution in [0.5, 0.6) is 0 Å². The van der Waals surface area contributed by atoms with E-state index >= 15 is 0 Å². The van der Waals surface area contributed by atoms with Crippen molar-refractivity contribution in [3.63, 3.8) is 0 Å². The average Bonchev–Trinajstić information content (AvgIpc) is 2.13. The average molecular weight is 239 g/mol. The van der Waals surface area contributed by atoms with Crippen molar-refractivity contribution in [2.75, 3.05) is 0 Å². The molecule has 1 aromatic carbocycles. The summed E-state index contributed by atoms with van der Waals surface area (Å²) in [5.74, 6) is 0. The molecule has 0 N–H and O–H groups in total. The summed E-state index contributed by atoms with van der Waals surface area (Å²) in [4.78, 5) is 10.5. The third-order valence-corrected chi connectivity index (χ3v) is 3.10. The van der Waals surface area contributed by atoms with Crippen LogP contribution in [0.2, 0.25) is 19.6 Å². The molecule has 1 aromatic rings. The van der Waals surface area contributed by atoms with Crippen molar-refractivity contribution in [3.05, 3.63) is 39.4 Å². The molecule has 1 rings (SSSR count). The summed E-state index contributed by atoms with van der Waals surface area (Å²) in [5.41, 5.74) is 1.82. The molecule has 0 saturated heterocycles. The lowest BCUT2D eigenvalue weighted by molar-refractivity contribution is -0.385. The van der Waals surface area contributed by atoms with Gasteiger partial charge in [-0.15, -0.1) is 0 Å². The molecule has 0 atom stereocenters. The highest BCUT2D eigenvalue weighted by Gasteiger charge is 2.18. The Morgan fingerprint density at radius 1 is 1.38 bits per heavy atom. The lowest BCUT2D eigenvalue weighted by Crippen LogP contribution is -2.25. The van der Waals surface area contributed by atoms with E-state index < -0.39 is 8.32 Å². The highest BCUT2D eigenvalue weighted by molar-refractivity contribution is 6.69. The summed E-state index contributed by atoms with van der Waals surface area (Å²) in [6.45, 7) is 8.44. The molecule has 0 bridgehead atoms. The molecule has 88 valence electrons. The monoisotopic (exact) mass is 239 g/mol. The van der Waals surface area contributed by atoms with E-state index in [2.05, 4.69) is 19.6 Å². The molecule has 0 amide bonds. The van der Waals surface area contributed by atoms with Crippen molar-refractivity contribution in [2.24, 2.45) is 0 Å². The second kappa shape index (κ2) is 4.76. The maximum atomic E-state index is 10.8. The normalized spacial score (nSPS) is 11.5. The van der Waals surface area contributed by atoms with E-state index in [-0.39, 0.29) is 10.6 Å². The van der Waals surface area contributed by atoms with Crippen LogP contribution in [0.15, 0.2) is 18.2 Å². The van der Waals surface area contributed by atoms with Gasteiger partial charge in [-0.05, 0) is 32.6 Å². The Hall–Kier alpha value is -1.20. The first-order chi connectivity index (χ1) is 7.29. The molecule has 16 heavy (non-hydrogen) atoms. The zero-order valence-corrected chi connectivity index (χ0v) is 11.1.